The monoisotopic (exact) mass is 579 g/mol. The molecule has 0 spiro atoms. The maximum Gasteiger partial charge on any atom is 0.313 e. The highest BCUT2D eigenvalue weighted by molar-refractivity contribution is 5.91. The fourth-order valence-corrected chi connectivity index (χ4v) is 5.94. The first-order chi connectivity index (χ1) is 19.5. The first-order valence-corrected chi connectivity index (χ1v) is 13.7. The van der Waals surface area contributed by atoms with Gasteiger partial charge in [0.2, 0.25) is 23.4 Å². The van der Waals surface area contributed by atoms with Gasteiger partial charge >= 0.3 is 5.56 Å². The Balaban J connectivity index is 1.23. The minimum atomic E-state index is -2.79. The number of nitrogens with zero attached hydrogens (tertiary/aromatic N) is 4. The lowest BCUT2D eigenvalue weighted by atomic mass is 9.79. The lowest BCUT2D eigenvalue weighted by Crippen LogP contribution is -2.39. The minimum absolute atomic E-state index is 0.0399. The Morgan fingerprint density at radius 1 is 1.05 bits per heavy atom. The SMILES string of the molecule is O=C(CC1CC(F)(F)C1)N[C@@H](c1cnn2cc([C@@H](NC(=O)c3no[nH]c3=O)C3CCC(F)(F)CC3)nc2c1)C1CC1. The molecular formula is C26H29F4N7O4. The smallest absolute Gasteiger partial charge is 0.313 e. The van der Waals surface area contributed by atoms with Gasteiger partial charge in [0.25, 0.3) is 5.91 Å². The van der Waals surface area contributed by atoms with E-state index in [1.54, 1.807) is 18.5 Å². The van der Waals surface area contributed by atoms with Gasteiger partial charge in [-0.25, -0.2) is 27.1 Å². The van der Waals surface area contributed by atoms with Crippen molar-refractivity contribution in [3.05, 3.63) is 45.8 Å². The maximum absolute atomic E-state index is 13.9. The summed E-state index contributed by atoms with van der Waals surface area (Å²) in [5.41, 5.74) is 0.175. The number of carbonyl (C=O) groups is 2. The highest BCUT2D eigenvalue weighted by Gasteiger charge is 2.46. The van der Waals surface area contributed by atoms with Gasteiger partial charge in [-0.05, 0) is 60.2 Å². The molecule has 3 aromatic rings. The van der Waals surface area contributed by atoms with Gasteiger partial charge < -0.3 is 10.6 Å². The molecule has 0 bridgehead atoms. The number of carbonyl (C=O) groups excluding carboxylic acids is 2. The highest BCUT2D eigenvalue weighted by atomic mass is 19.3. The summed E-state index contributed by atoms with van der Waals surface area (Å²) in [6.45, 7) is 0. The van der Waals surface area contributed by atoms with Crippen molar-refractivity contribution in [3.8, 4) is 0 Å². The zero-order valence-corrected chi connectivity index (χ0v) is 21.9. The van der Waals surface area contributed by atoms with Crippen LogP contribution in [0.4, 0.5) is 17.6 Å². The number of halogens is 4. The molecule has 0 aromatic carbocycles. The van der Waals surface area contributed by atoms with E-state index in [1.165, 1.54) is 4.52 Å². The third-order valence-electron chi connectivity index (χ3n) is 8.32. The summed E-state index contributed by atoms with van der Waals surface area (Å²) in [6, 6.07) is 0.600. The summed E-state index contributed by atoms with van der Waals surface area (Å²) in [5.74, 6) is -7.11. The van der Waals surface area contributed by atoms with E-state index in [-0.39, 0.29) is 74.6 Å². The first-order valence-electron chi connectivity index (χ1n) is 13.7. The van der Waals surface area contributed by atoms with Crippen LogP contribution in [-0.2, 0) is 4.79 Å². The third kappa shape index (κ3) is 5.98. The third-order valence-corrected chi connectivity index (χ3v) is 8.32. The second-order valence-electron chi connectivity index (χ2n) is 11.6. The van der Waals surface area contributed by atoms with Crippen LogP contribution < -0.4 is 16.2 Å². The first kappa shape index (κ1) is 27.4. The average Bonchev–Trinajstić information content (AvgIpc) is 3.50. The number of amides is 2. The van der Waals surface area contributed by atoms with Crippen LogP contribution in [0.1, 0.15) is 91.6 Å². The second kappa shape index (κ2) is 10.2. The molecule has 3 aliphatic carbocycles. The quantitative estimate of drug-likeness (QED) is 0.328. The predicted molar refractivity (Wildman–Crippen MR) is 133 cm³/mol. The van der Waals surface area contributed by atoms with Crippen molar-refractivity contribution in [1.29, 1.82) is 0 Å². The van der Waals surface area contributed by atoms with E-state index in [2.05, 4.69) is 30.5 Å². The summed E-state index contributed by atoms with van der Waals surface area (Å²) < 4.78 is 60.2. The van der Waals surface area contributed by atoms with Gasteiger partial charge in [-0.3, -0.25) is 19.0 Å². The van der Waals surface area contributed by atoms with Crippen LogP contribution in [-0.4, -0.2) is 48.6 Å². The molecule has 0 aliphatic heterocycles. The number of rotatable bonds is 9. The van der Waals surface area contributed by atoms with E-state index in [4.69, 9.17) is 0 Å². The highest BCUT2D eigenvalue weighted by Crippen LogP contribution is 2.45. The van der Waals surface area contributed by atoms with Gasteiger partial charge in [0.15, 0.2) is 5.65 Å². The molecule has 2 atom stereocenters. The number of aromatic amines is 1. The maximum atomic E-state index is 13.9. The Morgan fingerprint density at radius 3 is 2.39 bits per heavy atom. The summed E-state index contributed by atoms with van der Waals surface area (Å²) in [5, 5.41) is 15.5. The zero-order valence-electron chi connectivity index (χ0n) is 21.9. The Kier molecular flexibility index (Phi) is 6.85. The Bertz CT molecular complexity index is 1500. The number of nitrogens with one attached hydrogen (secondary N) is 3. The molecule has 3 N–H and O–H groups in total. The predicted octanol–water partition coefficient (Wildman–Crippen LogP) is 3.70. The molecule has 15 heteroatoms. The standard InChI is InChI=1S/C26H29F4N7O4/c27-25(28)5-3-15(4-6-25)21(34-23(39)22-24(40)36-41-35-22)17-12-37-18(32-17)8-16(11-31-37)20(14-1-2-14)33-19(38)7-13-9-26(29,30)10-13/h8,11-15,20-21H,1-7,9-10H2,(H,33,38)(H,34,39)(H,36,40)/t20-,21+/m1/s1. The number of hydrogen-bond donors (Lipinski definition) is 3. The minimum Gasteiger partial charge on any atom is -0.349 e. The molecule has 6 rings (SSSR count). The van der Waals surface area contributed by atoms with Crippen LogP contribution in [0.2, 0.25) is 0 Å². The van der Waals surface area contributed by atoms with Crippen molar-refractivity contribution in [2.45, 2.75) is 81.7 Å². The second-order valence-corrected chi connectivity index (χ2v) is 11.6. The van der Waals surface area contributed by atoms with Gasteiger partial charge in [0.05, 0.1) is 30.2 Å². The molecular weight excluding hydrogens is 550 g/mol. The molecule has 2 amide bonds. The summed E-state index contributed by atoms with van der Waals surface area (Å²) in [4.78, 5) is 42.0. The van der Waals surface area contributed by atoms with E-state index >= 15 is 0 Å². The molecule has 11 nitrogen and oxygen atoms in total. The number of alkyl halides is 4. The van der Waals surface area contributed by atoms with E-state index in [9.17, 15) is 31.9 Å². The fraction of sp³-hybridized carbons (Fsp3) is 0.615. The van der Waals surface area contributed by atoms with Crippen molar-refractivity contribution in [2.24, 2.45) is 17.8 Å². The van der Waals surface area contributed by atoms with Crippen molar-refractivity contribution < 1.29 is 31.8 Å². The van der Waals surface area contributed by atoms with E-state index in [1.807, 2.05) is 5.16 Å². The normalized spacial score (nSPS) is 22.1. The lowest BCUT2D eigenvalue weighted by Gasteiger charge is -2.34. The van der Waals surface area contributed by atoms with Gasteiger partial charge in [-0.2, -0.15) is 10.3 Å². The number of aromatic nitrogens is 5. The molecule has 220 valence electrons. The van der Waals surface area contributed by atoms with Crippen LogP contribution in [0.25, 0.3) is 5.65 Å². The van der Waals surface area contributed by atoms with Crippen LogP contribution in [0.3, 0.4) is 0 Å². The van der Waals surface area contributed by atoms with Gasteiger partial charge in [0, 0.05) is 32.1 Å². The Morgan fingerprint density at radius 2 is 1.76 bits per heavy atom. The number of fused-ring (bicyclic) bond motifs is 1. The van der Waals surface area contributed by atoms with Crippen LogP contribution in [0.5, 0.6) is 0 Å². The molecule has 0 saturated heterocycles. The average molecular weight is 580 g/mol. The summed E-state index contributed by atoms with van der Waals surface area (Å²) in [6.07, 6.45) is 4.05. The van der Waals surface area contributed by atoms with Crippen molar-refractivity contribution >= 4 is 17.5 Å². The van der Waals surface area contributed by atoms with Crippen LogP contribution >= 0.6 is 0 Å². The van der Waals surface area contributed by atoms with Gasteiger partial charge in [-0.15, -0.1) is 0 Å². The van der Waals surface area contributed by atoms with E-state index in [0.29, 0.717) is 16.9 Å². The molecule has 0 radical (unpaired) electrons. The molecule has 3 heterocycles. The van der Waals surface area contributed by atoms with E-state index < -0.39 is 35.0 Å². The molecule has 0 unspecified atom stereocenters. The molecule has 3 saturated carbocycles. The largest absolute Gasteiger partial charge is 0.349 e. The molecule has 41 heavy (non-hydrogen) atoms. The Hall–Kier alpha value is -3.78. The number of hydrogen-bond acceptors (Lipinski definition) is 7. The fourth-order valence-electron chi connectivity index (χ4n) is 5.94. The van der Waals surface area contributed by atoms with Crippen LogP contribution in [0.15, 0.2) is 27.9 Å². The summed E-state index contributed by atoms with van der Waals surface area (Å²) in [7, 11) is 0. The van der Waals surface area contributed by atoms with Gasteiger partial charge in [-0.1, -0.05) is 0 Å². The molecule has 3 aliphatic rings. The topological polar surface area (TPSA) is 147 Å². The van der Waals surface area contributed by atoms with E-state index in [0.717, 1.165) is 12.8 Å². The van der Waals surface area contributed by atoms with Crippen LogP contribution in [0, 0.1) is 17.8 Å². The number of H-pyrrole nitrogens is 1. The van der Waals surface area contributed by atoms with Crippen molar-refractivity contribution in [2.75, 3.05) is 0 Å². The lowest BCUT2D eigenvalue weighted by molar-refractivity contribution is -0.134. The summed E-state index contributed by atoms with van der Waals surface area (Å²) >= 11 is 0. The Labute approximate surface area is 230 Å². The zero-order chi connectivity index (χ0) is 28.9. The van der Waals surface area contributed by atoms with Gasteiger partial charge in [0.1, 0.15) is 0 Å². The molecule has 3 aromatic heterocycles. The van der Waals surface area contributed by atoms with Crippen molar-refractivity contribution in [1.82, 2.24) is 35.5 Å². The van der Waals surface area contributed by atoms with Crippen molar-refractivity contribution in [3.63, 3.8) is 0 Å². The number of imidazole rings is 1. The molecule has 3 fully saturated rings.